The van der Waals surface area contributed by atoms with Crippen molar-refractivity contribution in [2.75, 3.05) is 19.7 Å². The van der Waals surface area contributed by atoms with Crippen LogP contribution in [0.3, 0.4) is 0 Å². The molecule has 0 atom stereocenters. The molecule has 0 bridgehead atoms. The van der Waals surface area contributed by atoms with Crippen molar-refractivity contribution in [1.82, 2.24) is 9.88 Å². The van der Waals surface area contributed by atoms with Crippen LogP contribution in [0.15, 0.2) is 22.8 Å². The molecule has 2 N–H and O–H groups in total. The second-order valence-corrected chi connectivity index (χ2v) is 4.60. The maximum absolute atomic E-state index is 12.4. The summed E-state index contributed by atoms with van der Waals surface area (Å²) in [4.78, 5) is 17.2. The number of furan rings is 1. The molecule has 0 aliphatic rings. The Morgan fingerprint density at radius 2 is 2.21 bits per heavy atom. The van der Waals surface area contributed by atoms with Crippen LogP contribution in [0, 0.1) is 0 Å². The third-order valence-corrected chi connectivity index (χ3v) is 3.13. The molecular formula is C14H20N2O3. The molecule has 0 fully saturated rings. The second-order valence-electron chi connectivity index (χ2n) is 4.60. The van der Waals surface area contributed by atoms with Crippen LogP contribution < -0.4 is 0 Å². The fourth-order valence-electron chi connectivity index (χ4n) is 2.06. The average Bonchev–Trinajstić information content (AvgIpc) is 2.99. The number of unbranched alkanes of at least 4 members (excludes halogenated alkanes) is 1. The smallest absolute Gasteiger partial charge is 0.270 e. The van der Waals surface area contributed by atoms with E-state index < -0.39 is 0 Å². The van der Waals surface area contributed by atoms with Crippen molar-refractivity contribution < 1.29 is 14.3 Å². The highest BCUT2D eigenvalue weighted by Crippen LogP contribution is 2.17. The molecule has 0 radical (unpaired) electrons. The molecule has 2 aromatic rings. The molecular weight excluding hydrogens is 244 g/mol. The summed E-state index contributed by atoms with van der Waals surface area (Å²) in [5, 5.41) is 8.91. The molecule has 0 saturated carbocycles. The molecule has 19 heavy (non-hydrogen) atoms. The van der Waals surface area contributed by atoms with Gasteiger partial charge in [0.1, 0.15) is 5.69 Å². The van der Waals surface area contributed by atoms with Gasteiger partial charge in [0.2, 0.25) is 0 Å². The highest BCUT2D eigenvalue weighted by molar-refractivity contribution is 5.96. The molecule has 0 aromatic carbocycles. The predicted octanol–water partition coefficient (Wildman–Crippen LogP) is 2.39. The number of H-pyrrole nitrogens is 1. The highest BCUT2D eigenvalue weighted by Gasteiger charge is 2.17. The van der Waals surface area contributed by atoms with Crippen LogP contribution in [0.5, 0.6) is 0 Å². The van der Waals surface area contributed by atoms with E-state index in [1.54, 1.807) is 23.3 Å². The first-order chi connectivity index (χ1) is 9.26. The van der Waals surface area contributed by atoms with Gasteiger partial charge in [0, 0.05) is 31.8 Å². The van der Waals surface area contributed by atoms with Gasteiger partial charge >= 0.3 is 0 Å². The number of aliphatic hydroxyl groups excluding tert-OH is 1. The van der Waals surface area contributed by atoms with Crippen LogP contribution in [0.2, 0.25) is 0 Å². The van der Waals surface area contributed by atoms with Crippen molar-refractivity contribution in [3.63, 3.8) is 0 Å². The van der Waals surface area contributed by atoms with Gasteiger partial charge in [-0.3, -0.25) is 4.79 Å². The number of amides is 1. The van der Waals surface area contributed by atoms with Crippen molar-refractivity contribution in [1.29, 1.82) is 0 Å². The number of rotatable bonds is 7. The summed E-state index contributed by atoms with van der Waals surface area (Å²) in [6.07, 6.45) is 4.20. The first-order valence-corrected chi connectivity index (χ1v) is 6.72. The lowest BCUT2D eigenvalue weighted by molar-refractivity contribution is 0.0737. The molecule has 2 heterocycles. The van der Waals surface area contributed by atoms with Crippen LogP contribution in [0.4, 0.5) is 0 Å². The Morgan fingerprint density at radius 3 is 2.89 bits per heavy atom. The fraction of sp³-hybridized carbons (Fsp3) is 0.500. The molecule has 0 aliphatic heterocycles. The summed E-state index contributed by atoms with van der Waals surface area (Å²) in [5.74, 6) is -0.0340. The molecule has 0 saturated heterocycles. The van der Waals surface area contributed by atoms with E-state index in [2.05, 4.69) is 11.9 Å². The minimum atomic E-state index is -0.0340. The van der Waals surface area contributed by atoms with Gasteiger partial charge < -0.3 is 19.4 Å². The number of carbonyl (C=O) groups excluding carboxylic acids is 1. The Hall–Kier alpha value is -1.75. The zero-order valence-corrected chi connectivity index (χ0v) is 11.2. The third kappa shape index (κ3) is 3.17. The van der Waals surface area contributed by atoms with Gasteiger partial charge in [-0.2, -0.15) is 0 Å². The number of hydrogen-bond acceptors (Lipinski definition) is 3. The van der Waals surface area contributed by atoms with E-state index in [1.165, 1.54) is 0 Å². The maximum Gasteiger partial charge on any atom is 0.270 e. The fourth-order valence-corrected chi connectivity index (χ4v) is 2.06. The van der Waals surface area contributed by atoms with E-state index in [4.69, 9.17) is 9.52 Å². The Morgan fingerprint density at radius 1 is 1.42 bits per heavy atom. The third-order valence-electron chi connectivity index (χ3n) is 3.13. The van der Waals surface area contributed by atoms with Crippen molar-refractivity contribution in [3.8, 4) is 0 Å². The molecule has 5 nitrogen and oxygen atoms in total. The highest BCUT2D eigenvalue weighted by atomic mass is 16.3. The Kier molecular flexibility index (Phi) is 4.63. The monoisotopic (exact) mass is 264 g/mol. The quantitative estimate of drug-likeness (QED) is 0.806. The van der Waals surface area contributed by atoms with Crippen molar-refractivity contribution in [3.05, 3.63) is 24.1 Å². The predicted molar refractivity (Wildman–Crippen MR) is 73.1 cm³/mol. The van der Waals surface area contributed by atoms with E-state index in [0.29, 0.717) is 24.2 Å². The lowest BCUT2D eigenvalue weighted by Crippen LogP contribution is -2.33. The largest absolute Gasteiger partial charge is 0.463 e. The van der Waals surface area contributed by atoms with Gasteiger partial charge in [0.15, 0.2) is 5.58 Å². The van der Waals surface area contributed by atoms with Crippen LogP contribution in [-0.4, -0.2) is 40.6 Å². The van der Waals surface area contributed by atoms with E-state index in [-0.39, 0.29) is 12.5 Å². The minimum absolute atomic E-state index is 0.0340. The zero-order chi connectivity index (χ0) is 13.7. The van der Waals surface area contributed by atoms with Crippen molar-refractivity contribution in [2.45, 2.75) is 26.2 Å². The van der Waals surface area contributed by atoms with Crippen LogP contribution in [0.25, 0.3) is 11.1 Å². The molecule has 2 aromatic heterocycles. The van der Waals surface area contributed by atoms with Crippen molar-refractivity contribution in [2.24, 2.45) is 0 Å². The summed E-state index contributed by atoms with van der Waals surface area (Å²) in [6.45, 7) is 3.49. The lowest BCUT2D eigenvalue weighted by Gasteiger charge is -2.21. The Labute approximate surface area is 112 Å². The SMILES string of the molecule is CCCCN(CCCO)C(=O)c1cc2occc2[nH]1. The van der Waals surface area contributed by atoms with Gasteiger partial charge in [0.05, 0.1) is 11.8 Å². The number of aromatic amines is 1. The normalized spacial score (nSPS) is 11.1. The van der Waals surface area contributed by atoms with Crippen LogP contribution in [-0.2, 0) is 0 Å². The van der Waals surface area contributed by atoms with Gasteiger partial charge in [-0.05, 0) is 12.8 Å². The molecule has 2 rings (SSSR count). The molecule has 104 valence electrons. The first kappa shape index (κ1) is 13.7. The van der Waals surface area contributed by atoms with Gasteiger partial charge in [-0.1, -0.05) is 13.3 Å². The van der Waals surface area contributed by atoms with Gasteiger partial charge in [-0.25, -0.2) is 0 Å². The summed E-state index contributed by atoms with van der Waals surface area (Å²) < 4.78 is 5.25. The summed E-state index contributed by atoms with van der Waals surface area (Å²) in [7, 11) is 0. The van der Waals surface area contributed by atoms with E-state index in [1.807, 2.05) is 0 Å². The van der Waals surface area contributed by atoms with Crippen LogP contribution >= 0.6 is 0 Å². The maximum atomic E-state index is 12.4. The molecule has 0 aliphatic carbocycles. The van der Waals surface area contributed by atoms with E-state index >= 15 is 0 Å². The Balaban J connectivity index is 2.10. The summed E-state index contributed by atoms with van der Waals surface area (Å²) >= 11 is 0. The molecule has 1 amide bonds. The summed E-state index contributed by atoms with van der Waals surface area (Å²) in [6, 6.07) is 3.53. The van der Waals surface area contributed by atoms with E-state index in [0.717, 1.165) is 24.9 Å². The Bertz CT molecular complexity index is 493. The lowest BCUT2D eigenvalue weighted by atomic mass is 10.2. The average molecular weight is 264 g/mol. The molecule has 0 spiro atoms. The number of hydrogen-bond donors (Lipinski definition) is 2. The number of carbonyl (C=O) groups is 1. The van der Waals surface area contributed by atoms with Crippen molar-refractivity contribution >= 4 is 17.0 Å². The first-order valence-electron chi connectivity index (χ1n) is 6.72. The van der Waals surface area contributed by atoms with Gasteiger partial charge in [0.25, 0.3) is 5.91 Å². The standard InChI is InChI=1S/C14H20N2O3/c1-2-3-6-16(7-4-8-17)14(18)12-10-13-11(15-12)5-9-19-13/h5,9-10,15,17H,2-4,6-8H2,1H3. The topological polar surface area (TPSA) is 69.5 Å². The number of aliphatic hydroxyl groups is 1. The second kappa shape index (κ2) is 6.43. The molecule has 0 unspecified atom stereocenters. The number of aromatic nitrogens is 1. The van der Waals surface area contributed by atoms with E-state index in [9.17, 15) is 4.79 Å². The molecule has 5 heteroatoms. The number of nitrogens with zero attached hydrogens (tertiary/aromatic N) is 1. The van der Waals surface area contributed by atoms with Crippen LogP contribution in [0.1, 0.15) is 36.7 Å². The minimum Gasteiger partial charge on any atom is -0.463 e. The number of fused-ring (bicyclic) bond motifs is 1. The van der Waals surface area contributed by atoms with Gasteiger partial charge in [-0.15, -0.1) is 0 Å². The number of nitrogens with one attached hydrogen (secondary N) is 1. The zero-order valence-electron chi connectivity index (χ0n) is 11.2. The summed E-state index contributed by atoms with van der Waals surface area (Å²) in [5.41, 5.74) is 2.07.